The minimum Gasteiger partial charge on any atom is -0.492 e. The Morgan fingerprint density at radius 3 is 2.24 bits per heavy atom. The lowest BCUT2D eigenvalue weighted by Crippen LogP contribution is -2.49. The Morgan fingerprint density at radius 2 is 1.66 bits per heavy atom. The first kappa shape index (κ1) is 31.7. The molecule has 0 aliphatic heterocycles. The summed E-state index contributed by atoms with van der Waals surface area (Å²) in [7, 11) is -3.65. The maximum atomic E-state index is 13.5. The molecule has 0 heterocycles. The number of sulfonamides is 1. The SMILES string of the molecule is CCOc1ccccc1N(CCCC(=O)N(Cc1c(Cl)cccc1Cl)[C@H](C)C(=O)N[C@@H](C)CC)S(C)(=O)=O. The van der Waals surface area contributed by atoms with E-state index in [0.717, 1.165) is 12.7 Å². The summed E-state index contributed by atoms with van der Waals surface area (Å²) in [5.41, 5.74) is 0.945. The molecule has 0 bridgehead atoms. The highest BCUT2D eigenvalue weighted by molar-refractivity contribution is 7.92. The van der Waals surface area contributed by atoms with Crippen LogP contribution in [0.4, 0.5) is 5.69 Å². The number of hydrogen-bond acceptors (Lipinski definition) is 5. The normalized spacial score (nSPS) is 12.9. The van der Waals surface area contributed by atoms with Crippen molar-refractivity contribution in [3.05, 3.63) is 58.1 Å². The van der Waals surface area contributed by atoms with Crippen LogP contribution in [0.1, 0.15) is 52.5 Å². The molecule has 0 saturated heterocycles. The molecule has 0 fully saturated rings. The first-order valence-corrected chi connectivity index (χ1v) is 15.2. The van der Waals surface area contributed by atoms with Gasteiger partial charge in [0.2, 0.25) is 21.8 Å². The predicted molar refractivity (Wildman–Crippen MR) is 153 cm³/mol. The molecule has 2 rings (SSSR count). The highest BCUT2D eigenvalue weighted by Gasteiger charge is 2.28. The summed E-state index contributed by atoms with van der Waals surface area (Å²) >= 11 is 12.7. The quantitative estimate of drug-likeness (QED) is 0.326. The van der Waals surface area contributed by atoms with E-state index in [4.69, 9.17) is 27.9 Å². The van der Waals surface area contributed by atoms with Gasteiger partial charge in [0.05, 0.1) is 18.6 Å². The molecule has 38 heavy (non-hydrogen) atoms. The predicted octanol–water partition coefficient (Wildman–Crippen LogP) is 5.27. The molecule has 8 nitrogen and oxygen atoms in total. The number of anilines is 1. The van der Waals surface area contributed by atoms with Crippen molar-refractivity contribution in [1.82, 2.24) is 10.2 Å². The number of ether oxygens (including phenoxy) is 1. The van der Waals surface area contributed by atoms with Crippen LogP contribution in [-0.2, 0) is 26.2 Å². The zero-order valence-corrected chi connectivity index (χ0v) is 24.9. The monoisotopic (exact) mass is 585 g/mol. The van der Waals surface area contributed by atoms with E-state index in [0.29, 0.717) is 33.7 Å². The Labute approximate surface area is 236 Å². The first-order chi connectivity index (χ1) is 17.9. The lowest BCUT2D eigenvalue weighted by molar-refractivity contribution is -0.140. The average molecular weight is 587 g/mol. The van der Waals surface area contributed by atoms with Crippen LogP contribution in [-0.4, -0.2) is 56.6 Å². The molecule has 1 N–H and O–H groups in total. The van der Waals surface area contributed by atoms with E-state index in [9.17, 15) is 18.0 Å². The number of carbonyl (C=O) groups excluding carboxylic acids is 2. The summed E-state index contributed by atoms with van der Waals surface area (Å²) in [5.74, 6) is -0.171. The fourth-order valence-electron chi connectivity index (χ4n) is 3.83. The number of halogens is 2. The van der Waals surface area contributed by atoms with Crippen LogP contribution in [0, 0.1) is 0 Å². The van der Waals surface area contributed by atoms with E-state index < -0.39 is 16.1 Å². The number of carbonyl (C=O) groups is 2. The zero-order chi connectivity index (χ0) is 28.5. The van der Waals surface area contributed by atoms with Crippen molar-refractivity contribution in [3.63, 3.8) is 0 Å². The minimum atomic E-state index is -3.65. The van der Waals surface area contributed by atoms with E-state index in [2.05, 4.69) is 5.32 Å². The molecule has 2 atom stereocenters. The number of benzene rings is 2. The largest absolute Gasteiger partial charge is 0.492 e. The second kappa shape index (κ2) is 14.6. The van der Waals surface area contributed by atoms with E-state index >= 15 is 0 Å². The van der Waals surface area contributed by atoms with Gasteiger partial charge in [-0.25, -0.2) is 8.42 Å². The number of para-hydroxylation sites is 2. The second-order valence-corrected chi connectivity index (χ2v) is 11.8. The Bertz CT molecular complexity index is 1190. The summed E-state index contributed by atoms with van der Waals surface area (Å²) < 4.78 is 32.1. The fraction of sp³-hybridized carbons (Fsp3) is 0.481. The Balaban J connectivity index is 2.27. The molecular formula is C27H37Cl2N3O5S. The van der Waals surface area contributed by atoms with Gasteiger partial charge in [-0.2, -0.15) is 0 Å². The van der Waals surface area contributed by atoms with Crippen molar-refractivity contribution in [2.75, 3.05) is 23.7 Å². The lowest BCUT2D eigenvalue weighted by Gasteiger charge is -2.31. The maximum Gasteiger partial charge on any atom is 0.242 e. The van der Waals surface area contributed by atoms with E-state index in [1.165, 1.54) is 9.21 Å². The smallest absolute Gasteiger partial charge is 0.242 e. The standard InChI is InChI=1S/C27H37Cl2N3O5S/c1-6-19(3)30-27(34)20(4)31(18-21-22(28)12-10-13-23(21)29)26(33)16-11-17-32(38(5,35)36)24-14-8-9-15-25(24)37-7-2/h8-10,12-15,19-20H,6-7,11,16-18H2,1-5H3,(H,30,34)/t19-,20+/m0/s1. The maximum absolute atomic E-state index is 13.5. The van der Waals surface area contributed by atoms with Gasteiger partial charge in [0.15, 0.2) is 0 Å². The molecule has 0 spiro atoms. The van der Waals surface area contributed by atoms with Crippen LogP contribution in [0.25, 0.3) is 0 Å². The third kappa shape index (κ3) is 8.78. The highest BCUT2D eigenvalue weighted by atomic mass is 35.5. The van der Waals surface area contributed by atoms with E-state index in [-0.39, 0.29) is 43.8 Å². The summed E-state index contributed by atoms with van der Waals surface area (Å²) in [6.07, 6.45) is 2.09. The van der Waals surface area contributed by atoms with Crippen molar-refractivity contribution >= 4 is 50.7 Å². The lowest BCUT2D eigenvalue weighted by atomic mass is 10.1. The molecule has 0 radical (unpaired) electrons. The zero-order valence-electron chi connectivity index (χ0n) is 22.5. The summed E-state index contributed by atoms with van der Waals surface area (Å²) in [5, 5.41) is 3.69. The number of nitrogens with one attached hydrogen (secondary N) is 1. The topological polar surface area (TPSA) is 96.0 Å². The Kier molecular flexibility index (Phi) is 12.2. The van der Waals surface area contributed by atoms with E-state index in [1.54, 1.807) is 49.4 Å². The molecule has 0 aliphatic carbocycles. The summed E-state index contributed by atoms with van der Waals surface area (Å²) in [6.45, 7) is 7.79. The van der Waals surface area contributed by atoms with Gasteiger partial charge in [-0.3, -0.25) is 13.9 Å². The van der Waals surface area contributed by atoms with Crippen LogP contribution in [0.3, 0.4) is 0 Å². The first-order valence-electron chi connectivity index (χ1n) is 12.6. The number of amides is 2. The molecule has 11 heteroatoms. The van der Waals surface area contributed by atoms with Gasteiger partial charge in [0.25, 0.3) is 0 Å². The molecule has 0 aromatic heterocycles. The van der Waals surface area contributed by atoms with Crippen LogP contribution in [0.5, 0.6) is 5.75 Å². The van der Waals surface area contributed by atoms with Gasteiger partial charge < -0.3 is 15.0 Å². The number of rotatable bonds is 14. The summed E-state index contributed by atoms with van der Waals surface area (Å²) in [4.78, 5) is 27.9. The molecule has 0 aliphatic rings. The minimum absolute atomic E-state index is 0.00580. The molecule has 210 valence electrons. The van der Waals surface area contributed by atoms with Crippen LogP contribution < -0.4 is 14.4 Å². The Hall–Kier alpha value is -2.49. The summed E-state index contributed by atoms with van der Waals surface area (Å²) in [6, 6.07) is 11.1. The fourth-order valence-corrected chi connectivity index (χ4v) is 5.31. The third-order valence-electron chi connectivity index (χ3n) is 6.14. The van der Waals surface area contributed by atoms with Crippen LogP contribution in [0.2, 0.25) is 10.0 Å². The molecule has 2 amide bonds. The molecule has 0 unspecified atom stereocenters. The van der Waals surface area contributed by atoms with Gasteiger partial charge >= 0.3 is 0 Å². The van der Waals surface area contributed by atoms with Crippen molar-refractivity contribution in [2.45, 2.75) is 65.6 Å². The van der Waals surface area contributed by atoms with Gasteiger partial charge in [0, 0.05) is 41.2 Å². The van der Waals surface area contributed by atoms with Gasteiger partial charge in [-0.05, 0) is 57.9 Å². The van der Waals surface area contributed by atoms with Crippen molar-refractivity contribution in [1.29, 1.82) is 0 Å². The van der Waals surface area contributed by atoms with Crippen molar-refractivity contribution < 1.29 is 22.7 Å². The molecule has 0 saturated carbocycles. The van der Waals surface area contributed by atoms with Gasteiger partial charge in [0.1, 0.15) is 11.8 Å². The highest BCUT2D eigenvalue weighted by Crippen LogP contribution is 2.31. The van der Waals surface area contributed by atoms with Crippen molar-refractivity contribution in [2.24, 2.45) is 0 Å². The van der Waals surface area contributed by atoms with E-state index in [1.807, 2.05) is 20.8 Å². The average Bonchev–Trinajstić information content (AvgIpc) is 2.86. The third-order valence-corrected chi connectivity index (χ3v) is 8.03. The second-order valence-electron chi connectivity index (χ2n) is 9.06. The Morgan fingerprint density at radius 1 is 1.03 bits per heavy atom. The van der Waals surface area contributed by atoms with Gasteiger partial charge in [-0.15, -0.1) is 0 Å². The van der Waals surface area contributed by atoms with Crippen molar-refractivity contribution in [3.8, 4) is 5.75 Å². The molecule has 2 aromatic rings. The number of hydrogen-bond donors (Lipinski definition) is 1. The van der Waals surface area contributed by atoms with Crippen LogP contribution >= 0.6 is 23.2 Å². The van der Waals surface area contributed by atoms with Crippen LogP contribution in [0.15, 0.2) is 42.5 Å². The number of nitrogens with zero attached hydrogens (tertiary/aromatic N) is 2. The molecule has 2 aromatic carbocycles. The van der Waals surface area contributed by atoms with Gasteiger partial charge in [-0.1, -0.05) is 48.3 Å². The molecular weight excluding hydrogens is 549 g/mol.